The molecule has 2 aromatic carbocycles. The number of halogens is 2. The molecule has 0 aliphatic rings. The average Bonchev–Trinajstić information content (AvgIpc) is 2.37. The van der Waals surface area contributed by atoms with Crippen LogP contribution in [0.15, 0.2) is 42.6 Å². The molecule has 0 saturated carbocycles. The van der Waals surface area contributed by atoms with Crippen LogP contribution in [0.1, 0.15) is 0 Å². The summed E-state index contributed by atoms with van der Waals surface area (Å²) in [5.41, 5.74) is 1.35. The van der Waals surface area contributed by atoms with Gasteiger partial charge in [0, 0.05) is 21.9 Å². The maximum absolute atomic E-state index is 9.69. The Morgan fingerprint density at radius 2 is 1.80 bits per heavy atom. The van der Waals surface area contributed by atoms with Gasteiger partial charge in [-0.25, -0.2) is 9.97 Å². The van der Waals surface area contributed by atoms with Gasteiger partial charge >= 0.3 is 0 Å². The Labute approximate surface area is 125 Å². The number of nitrogens with zero attached hydrogens (tertiary/aromatic N) is 2. The zero-order valence-electron chi connectivity index (χ0n) is 10.1. The number of aromatic hydroxyl groups is 1. The second-order valence-electron chi connectivity index (χ2n) is 4.19. The van der Waals surface area contributed by atoms with E-state index in [1.165, 1.54) is 0 Å². The fraction of sp³-hybridized carbons (Fsp3) is 0. The van der Waals surface area contributed by atoms with E-state index in [1.807, 2.05) is 0 Å². The van der Waals surface area contributed by atoms with Crippen molar-refractivity contribution in [3.8, 4) is 5.75 Å². The second kappa shape index (κ2) is 5.15. The highest BCUT2D eigenvalue weighted by Gasteiger charge is 2.05. The lowest BCUT2D eigenvalue weighted by Crippen LogP contribution is -1.97. The van der Waals surface area contributed by atoms with Crippen molar-refractivity contribution in [3.63, 3.8) is 0 Å². The molecule has 0 amide bonds. The Kier molecular flexibility index (Phi) is 3.34. The molecule has 3 aromatic rings. The Balaban J connectivity index is 1.98. The molecule has 3 rings (SSSR count). The lowest BCUT2D eigenvalue weighted by atomic mass is 10.2. The smallest absolute Gasteiger partial charge is 0.227 e. The van der Waals surface area contributed by atoms with E-state index < -0.39 is 0 Å². The van der Waals surface area contributed by atoms with E-state index in [9.17, 15) is 5.11 Å². The number of anilines is 2. The van der Waals surface area contributed by atoms with Gasteiger partial charge < -0.3 is 10.4 Å². The van der Waals surface area contributed by atoms with E-state index in [1.54, 1.807) is 42.6 Å². The monoisotopic (exact) mass is 305 g/mol. The first-order valence-electron chi connectivity index (χ1n) is 5.80. The molecule has 20 heavy (non-hydrogen) atoms. The molecule has 0 fully saturated rings. The number of phenolic OH excluding ortho intramolecular Hbond substituents is 1. The maximum atomic E-state index is 9.69. The molecule has 1 aromatic heterocycles. The molecular formula is C14H9Cl2N3O. The summed E-state index contributed by atoms with van der Waals surface area (Å²) in [6, 6.07) is 10.2. The highest BCUT2D eigenvalue weighted by atomic mass is 35.5. The van der Waals surface area contributed by atoms with E-state index in [-0.39, 0.29) is 5.75 Å². The third kappa shape index (κ3) is 2.61. The molecule has 0 unspecified atom stereocenters. The summed E-state index contributed by atoms with van der Waals surface area (Å²) in [6.07, 6.45) is 1.56. The maximum Gasteiger partial charge on any atom is 0.227 e. The third-order valence-corrected chi connectivity index (χ3v) is 3.16. The molecule has 6 heteroatoms. The number of nitrogens with one attached hydrogen (secondary N) is 1. The Bertz CT molecular complexity index is 772. The molecule has 0 aliphatic carbocycles. The summed E-state index contributed by atoms with van der Waals surface area (Å²) in [7, 11) is 0. The summed E-state index contributed by atoms with van der Waals surface area (Å²) in [5, 5.41) is 14.4. The summed E-state index contributed by atoms with van der Waals surface area (Å²) in [4.78, 5) is 8.48. The number of phenols is 1. The molecule has 0 atom stereocenters. The van der Waals surface area contributed by atoms with Crippen LogP contribution >= 0.6 is 23.2 Å². The average molecular weight is 306 g/mol. The molecule has 0 saturated heterocycles. The molecule has 0 spiro atoms. The van der Waals surface area contributed by atoms with Gasteiger partial charge in [0.05, 0.1) is 10.9 Å². The number of aromatic nitrogens is 2. The molecule has 2 N–H and O–H groups in total. The topological polar surface area (TPSA) is 58.0 Å². The van der Waals surface area contributed by atoms with Gasteiger partial charge in [0.1, 0.15) is 5.75 Å². The second-order valence-corrected chi connectivity index (χ2v) is 5.06. The van der Waals surface area contributed by atoms with Crippen molar-refractivity contribution in [3.05, 3.63) is 52.6 Å². The van der Waals surface area contributed by atoms with Gasteiger partial charge in [-0.1, -0.05) is 29.3 Å². The Morgan fingerprint density at radius 1 is 1.05 bits per heavy atom. The third-order valence-electron chi connectivity index (χ3n) is 2.72. The highest BCUT2D eigenvalue weighted by Crippen LogP contribution is 2.26. The largest absolute Gasteiger partial charge is 0.507 e. The number of benzene rings is 2. The minimum Gasteiger partial charge on any atom is -0.507 e. The van der Waals surface area contributed by atoms with Gasteiger partial charge in [0.25, 0.3) is 0 Å². The van der Waals surface area contributed by atoms with Crippen molar-refractivity contribution >= 4 is 45.7 Å². The van der Waals surface area contributed by atoms with E-state index in [4.69, 9.17) is 23.2 Å². The number of fused-ring (bicyclic) bond motifs is 1. The van der Waals surface area contributed by atoms with Crippen LogP contribution in [0, 0.1) is 0 Å². The SMILES string of the molecule is Oc1cccc2nc(Nc3cc(Cl)cc(Cl)c3)ncc12. The number of hydrogen-bond acceptors (Lipinski definition) is 4. The van der Waals surface area contributed by atoms with Crippen molar-refractivity contribution in [2.75, 3.05) is 5.32 Å². The number of rotatable bonds is 2. The molecule has 1 heterocycles. The summed E-state index contributed by atoms with van der Waals surface area (Å²) in [6.45, 7) is 0. The fourth-order valence-corrected chi connectivity index (χ4v) is 2.38. The Morgan fingerprint density at radius 3 is 2.55 bits per heavy atom. The van der Waals surface area contributed by atoms with Crippen LogP contribution in [0.5, 0.6) is 5.75 Å². The quantitative estimate of drug-likeness (QED) is 0.737. The Hall–Kier alpha value is -2.04. The number of hydrogen-bond donors (Lipinski definition) is 2. The normalized spacial score (nSPS) is 10.7. The van der Waals surface area contributed by atoms with E-state index in [0.29, 0.717) is 32.6 Å². The van der Waals surface area contributed by atoms with Gasteiger partial charge in [0.2, 0.25) is 5.95 Å². The first-order valence-corrected chi connectivity index (χ1v) is 6.55. The lowest BCUT2D eigenvalue weighted by Gasteiger charge is -2.07. The standard InChI is InChI=1S/C14H9Cl2N3O/c15-8-4-9(16)6-10(5-8)18-14-17-7-11-12(19-14)2-1-3-13(11)20/h1-7,20H,(H,17,18,19). The van der Waals surface area contributed by atoms with Crippen LogP contribution in [0.25, 0.3) is 10.9 Å². The molecule has 0 radical (unpaired) electrons. The van der Waals surface area contributed by atoms with Crippen molar-refractivity contribution in [1.82, 2.24) is 9.97 Å². The van der Waals surface area contributed by atoms with E-state index >= 15 is 0 Å². The van der Waals surface area contributed by atoms with Gasteiger partial charge in [-0.2, -0.15) is 0 Å². The van der Waals surface area contributed by atoms with Crippen LogP contribution in [0.4, 0.5) is 11.6 Å². The summed E-state index contributed by atoms with van der Waals surface area (Å²) >= 11 is 11.9. The molecule has 0 aliphatic heterocycles. The van der Waals surface area contributed by atoms with Crippen LogP contribution in [-0.4, -0.2) is 15.1 Å². The fourth-order valence-electron chi connectivity index (χ4n) is 1.85. The zero-order valence-corrected chi connectivity index (χ0v) is 11.7. The van der Waals surface area contributed by atoms with Crippen LogP contribution in [-0.2, 0) is 0 Å². The zero-order chi connectivity index (χ0) is 14.1. The van der Waals surface area contributed by atoms with Crippen molar-refractivity contribution < 1.29 is 5.11 Å². The molecule has 4 nitrogen and oxygen atoms in total. The van der Waals surface area contributed by atoms with Gasteiger partial charge in [-0.05, 0) is 30.3 Å². The first-order chi connectivity index (χ1) is 9.61. The molecular weight excluding hydrogens is 297 g/mol. The molecule has 100 valence electrons. The predicted molar refractivity (Wildman–Crippen MR) is 80.9 cm³/mol. The van der Waals surface area contributed by atoms with Crippen molar-refractivity contribution in [2.45, 2.75) is 0 Å². The lowest BCUT2D eigenvalue weighted by molar-refractivity contribution is 0.481. The minimum absolute atomic E-state index is 0.153. The highest BCUT2D eigenvalue weighted by molar-refractivity contribution is 6.35. The van der Waals surface area contributed by atoms with E-state index in [0.717, 1.165) is 0 Å². The minimum atomic E-state index is 0.153. The molecule has 0 bridgehead atoms. The van der Waals surface area contributed by atoms with Crippen LogP contribution < -0.4 is 5.32 Å². The van der Waals surface area contributed by atoms with Crippen molar-refractivity contribution in [1.29, 1.82) is 0 Å². The van der Waals surface area contributed by atoms with Gasteiger partial charge in [-0.3, -0.25) is 0 Å². The summed E-state index contributed by atoms with van der Waals surface area (Å²) < 4.78 is 0. The van der Waals surface area contributed by atoms with Crippen LogP contribution in [0.3, 0.4) is 0 Å². The van der Waals surface area contributed by atoms with E-state index in [2.05, 4.69) is 15.3 Å². The van der Waals surface area contributed by atoms with Gasteiger partial charge in [-0.15, -0.1) is 0 Å². The predicted octanol–water partition coefficient (Wildman–Crippen LogP) is 4.39. The van der Waals surface area contributed by atoms with Crippen LogP contribution in [0.2, 0.25) is 10.0 Å². The van der Waals surface area contributed by atoms with Crippen molar-refractivity contribution in [2.24, 2.45) is 0 Å². The first kappa shape index (κ1) is 13.0. The summed E-state index contributed by atoms with van der Waals surface area (Å²) in [5.74, 6) is 0.557. The van der Waals surface area contributed by atoms with Gasteiger partial charge in [0.15, 0.2) is 0 Å².